The molecule has 0 amide bonds. The van der Waals surface area contributed by atoms with Crippen molar-refractivity contribution in [3.05, 3.63) is 42.0 Å². The number of ether oxygens (including phenoxy) is 9. The fraction of sp³-hybridized carbons (Fsp3) is 0.636. The maximum Gasteiger partial charge on any atom is 0.305 e. The molecule has 3 heterocycles. The van der Waals surface area contributed by atoms with Crippen LogP contribution in [0.25, 0.3) is 0 Å². The zero-order valence-electron chi connectivity index (χ0n) is 18.2. The van der Waals surface area contributed by atoms with Gasteiger partial charge in [-0.15, -0.1) is 0 Å². The van der Waals surface area contributed by atoms with Gasteiger partial charge in [0.05, 0.1) is 33.0 Å². The van der Waals surface area contributed by atoms with Crippen LogP contribution in [0.3, 0.4) is 0 Å². The Labute approximate surface area is 182 Å². The topological polar surface area (TPSA) is 83.1 Å². The molecule has 0 saturated carbocycles. The molecule has 0 aromatic heterocycles. The van der Waals surface area contributed by atoms with Crippen LogP contribution in [0, 0.1) is 0 Å². The molecule has 1 spiro atoms. The zero-order valence-corrected chi connectivity index (χ0v) is 18.2. The fourth-order valence-electron chi connectivity index (χ4n) is 4.02. The Morgan fingerprint density at radius 2 is 1.77 bits per heavy atom. The highest BCUT2D eigenvalue weighted by atomic mass is 16.9. The van der Waals surface area contributed by atoms with E-state index in [1.165, 1.54) is 0 Å². The summed E-state index contributed by atoms with van der Waals surface area (Å²) in [6.45, 7) is 1.08. The van der Waals surface area contributed by atoms with Crippen LogP contribution in [0.2, 0.25) is 0 Å². The molecule has 172 valence electrons. The second-order valence-electron chi connectivity index (χ2n) is 7.57. The van der Waals surface area contributed by atoms with Crippen molar-refractivity contribution in [1.82, 2.24) is 0 Å². The molecule has 0 radical (unpaired) electrons. The lowest BCUT2D eigenvalue weighted by atomic mass is 9.99. The van der Waals surface area contributed by atoms with Crippen molar-refractivity contribution >= 4 is 0 Å². The molecule has 9 nitrogen and oxygen atoms in total. The second kappa shape index (κ2) is 9.93. The molecule has 9 heteroatoms. The summed E-state index contributed by atoms with van der Waals surface area (Å²) < 4.78 is 51.7. The first-order valence-corrected chi connectivity index (χ1v) is 10.2. The molecule has 4 rings (SSSR count). The average molecular weight is 438 g/mol. The molecule has 7 atom stereocenters. The highest BCUT2D eigenvalue weighted by molar-refractivity contribution is 5.26. The van der Waals surface area contributed by atoms with Gasteiger partial charge in [-0.3, -0.25) is 0 Å². The van der Waals surface area contributed by atoms with E-state index in [2.05, 4.69) is 0 Å². The lowest BCUT2D eigenvalue weighted by molar-refractivity contribution is -0.327. The summed E-state index contributed by atoms with van der Waals surface area (Å²) >= 11 is 0. The zero-order chi connectivity index (χ0) is 21.8. The standard InChI is InChI=1S/C22H30O9/c1-23-13-17-18(25-3)19-20(21(26-4)29-17)31-22(30-19)10-9-16(12-28-22)27-11-14-5-7-15(24-2)8-6-14/h5-10,16-21H,11-13H2,1-4H3/t16-,17+,18+,19-,20+,21-,22+/m0/s1. The molecular formula is C22H30O9. The summed E-state index contributed by atoms with van der Waals surface area (Å²) in [5, 5.41) is 0. The van der Waals surface area contributed by atoms with Crippen LogP contribution >= 0.6 is 0 Å². The first-order valence-electron chi connectivity index (χ1n) is 10.2. The quantitative estimate of drug-likeness (QED) is 0.563. The van der Waals surface area contributed by atoms with Crippen molar-refractivity contribution in [2.75, 3.05) is 41.7 Å². The van der Waals surface area contributed by atoms with Crippen LogP contribution in [0.5, 0.6) is 5.75 Å². The first-order chi connectivity index (χ1) is 15.1. The second-order valence-corrected chi connectivity index (χ2v) is 7.57. The van der Waals surface area contributed by atoms with E-state index in [4.69, 9.17) is 42.6 Å². The van der Waals surface area contributed by atoms with E-state index in [-0.39, 0.29) is 18.8 Å². The van der Waals surface area contributed by atoms with Crippen molar-refractivity contribution in [2.45, 2.75) is 49.4 Å². The van der Waals surface area contributed by atoms with E-state index >= 15 is 0 Å². The Morgan fingerprint density at radius 1 is 1.00 bits per heavy atom. The van der Waals surface area contributed by atoms with Gasteiger partial charge in [0.25, 0.3) is 0 Å². The number of hydrogen-bond acceptors (Lipinski definition) is 9. The fourth-order valence-corrected chi connectivity index (χ4v) is 4.02. The maximum atomic E-state index is 6.20. The van der Waals surface area contributed by atoms with Gasteiger partial charge in [0, 0.05) is 27.4 Å². The summed E-state index contributed by atoms with van der Waals surface area (Å²) in [6.07, 6.45) is 1.08. The molecule has 0 aliphatic carbocycles. The first kappa shape index (κ1) is 22.6. The minimum Gasteiger partial charge on any atom is -0.497 e. The highest BCUT2D eigenvalue weighted by Gasteiger charge is 2.59. The lowest BCUT2D eigenvalue weighted by Crippen LogP contribution is -2.58. The number of hydrogen-bond donors (Lipinski definition) is 0. The van der Waals surface area contributed by atoms with Crippen LogP contribution in [0.15, 0.2) is 36.4 Å². The molecule has 0 N–H and O–H groups in total. The Bertz CT molecular complexity index is 739. The summed E-state index contributed by atoms with van der Waals surface area (Å²) in [7, 11) is 6.42. The van der Waals surface area contributed by atoms with Gasteiger partial charge in [0.15, 0.2) is 6.29 Å². The summed E-state index contributed by atoms with van der Waals surface area (Å²) in [5.41, 5.74) is 1.04. The van der Waals surface area contributed by atoms with E-state index in [9.17, 15) is 0 Å². The normalized spacial score (nSPS) is 37.2. The third-order valence-electron chi connectivity index (χ3n) is 5.61. The summed E-state index contributed by atoms with van der Waals surface area (Å²) in [4.78, 5) is 0. The van der Waals surface area contributed by atoms with E-state index < -0.39 is 30.6 Å². The van der Waals surface area contributed by atoms with Crippen LogP contribution < -0.4 is 4.74 Å². The highest BCUT2D eigenvalue weighted by Crippen LogP contribution is 2.41. The predicted molar refractivity (Wildman–Crippen MR) is 107 cm³/mol. The number of rotatable bonds is 8. The summed E-state index contributed by atoms with van der Waals surface area (Å²) in [5.74, 6) is -0.516. The molecule has 2 saturated heterocycles. The van der Waals surface area contributed by atoms with Crippen molar-refractivity contribution < 1.29 is 42.6 Å². The van der Waals surface area contributed by atoms with Crippen LogP contribution in [0.1, 0.15) is 5.56 Å². The third kappa shape index (κ3) is 4.79. The molecular weight excluding hydrogens is 408 g/mol. The molecule has 0 unspecified atom stereocenters. The largest absolute Gasteiger partial charge is 0.497 e. The van der Waals surface area contributed by atoms with Crippen molar-refractivity contribution in [2.24, 2.45) is 0 Å². The third-order valence-corrected chi connectivity index (χ3v) is 5.61. The molecule has 0 bridgehead atoms. The van der Waals surface area contributed by atoms with Gasteiger partial charge >= 0.3 is 5.97 Å². The minimum atomic E-state index is -1.33. The Hall–Kier alpha value is -1.56. The number of fused-ring (bicyclic) bond motifs is 1. The average Bonchev–Trinajstić information content (AvgIpc) is 3.17. The number of methoxy groups -OCH3 is 4. The SMILES string of the molecule is COC[C@H]1O[C@H](OC)[C@@H]2O[C@@]3(C=C[C@H](OCc4ccc(OC)cc4)CO3)O[C@H]2[C@@H]1OC. The Morgan fingerprint density at radius 3 is 2.39 bits per heavy atom. The van der Waals surface area contributed by atoms with Gasteiger partial charge < -0.3 is 42.6 Å². The van der Waals surface area contributed by atoms with Gasteiger partial charge in [-0.2, -0.15) is 0 Å². The minimum absolute atomic E-state index is 0.225. The van der Waals surface area contributed by atoms with Crippen molar-refractivity contribution in [3.63, 3.8) is 0 Å². The van der Waals surface area contributed by atoms with Crippen LogP contribution in [-0.4, -0.2) is 84.4 Å². The monoisotopic (exact) mass is 438 g/mol. The van der Waals surface area contributed by atoms with Gasteiger partial charge in [-0.1, -0.05) is 12.1 Å². The van der Waals surface area contributed by atoms with Gasteiger partial charge in [-0.25, -0.2) is 0 Å². The smallest absolute Gasteiger partial charge is 0.305 e. The van der Waals surface area contributed by atoms with E-state index in [0.717, 1.165) is 11.3 Å². The molecule has 1 aromatic rings. The molecule has 31 heavy (non-hydrogen) atoms. The van der Waals surface area contributed by atoms with Crippen LogP contribution in [0.4, 0.5) is 0 Å². The van der Waals surface area contributed by atoms with Gasteiger partial charge in [0.2, 0.25) is 0 Å². The van der Waals surface area contributed by atoms with Gasteiger partial charge in [-0.05, 0) is 23.8 Å². The molecule has 3 aliphatic heterocycles. The Balaban J connectivity index is 1.39. The van der Waals surface area contributed by atoms with Gasteiger partial charge in [0.1, 0.15) is 30.2 Å². The Kier molecular flexibility index (Phi) is 7.25. The lowest BCUT2D eigenvalue weighted by Gasteiger charge is -2.40. The number of benzene rings is 1. The predicted octanol–water partition coefficient (Wildman–Crippen LogP) is 1.64. The van der Waals surface area contributed by atoms with E-state index in [0.29, 0.717) is 13.2 Å². The van der Waals surface area contributed by atoms with Crippen LogP contribution in [-0.2, 0) is 44.5 Å². The van der Waals surface area contributed by atoms with E-state index in [1.807, 2.05) is 30.3 Å². The van der Waals surface area contributed by atoms with Crippen molar-refractivity contribution in [1.29, 1.82) is 0 Å². The molecule has 1 aromatic carbocycles. The maximum absolute atomic E-state index is 6.20. The molecule has 2 fully saturated rings. The van der Waals surface area contributed by atoms with E-state index in [1.54, 1.807) is 34.5 Å². The molecule has 3 aliphatic rings. The summed E-state index contributed by atoms with van der Waals surface area (Å²) in [6, 6.07) is 7.74. The van der Waals surface area contributed by atoms with Crippen molar-refractivity contribution in [3.8, 4) is 5.75 Å².